The van der Waals surface area contributed by atoms with Crippen molar-refractivity contribution < 1.29 is 4.79 Å². The Morgan fingerprint density at radius 2 is 2.39 bits per heavy atom. The van der Waals surface area contributed by atoms with Crippen LogP contribution < -0.4 is 16.4 Å². The molecule has 0 atom stereocenters. The van der Waals surface area contributed by atoms with Crippen LogP contribution in [0.5, 0.6) is 0 Å². The Hall–Kier alpha value is -2.00. The number of carbonyl (C=O) groups excluding carboxylic acids is 1. The van der Waals surface area contributed by atoms with Crippen molar-refractivity contribution in [3.8, 4) is 0 Å². The van der Waals surface area contributed by atoms with Crippen molar-refractivity contribution in [1.82, 2.24) is 25.1 Å². The molecule has 2 rings (SSSR count). The van der Waals surface area contributed by atoms with Gasteiger partial charge in [0.05, 0.1) is 6.54 Å². The second kappa shape index (κ2) is 8.02. The van der Waals surface area contributed by atoms with Gasteiger partial charge in [0.1, 0.15) is 6.33 Å². The average molecular weight is 352 g/mol. The van der Waals surface area contributed by atoms with Crippen LogP contribution in [0.3, 0.4) is 0 Å². The molecule has 0 saturated carbocycles. The Bertz CT molecular complexity index is 625. The lowest BCUT2D eigenvalue weighted by molar-refractivity contribution is 0.245. The summed E-state index contributed by atoms with van der Waals surface area (Å²) in [6.45, 7) is 5.27. The molecule has 0 saturated heterocycles. The molecule has 0 radical (unpaired) electrons. The van der Waals surface area contributed by atoms with Crippen LogP contribution in [-0.2, 0) is 0 Å². The van der Waals surface area contributed by atoms with E-state index in [0.29, 0.717) is 23.1 Å². The van der Waals surface area contributed by atoms with Crippen molar-refractivity contribution in [2.45, 2.75) is 6.42 Å². The molecule has 0 aliphatic carbocycles. The van der Waals surface area contributed by atoms with Gasteiger partial charge in [-0.05, 0) is 12.2 Å². The molecule has 1 aromatic heterocycles. The number of urea groups is 1. The maximum absolute atomic E-state index is 11.2. The van der Waals surface area contributed by atoms with Gasteiger partial charge < -0.3 is 21.3 Å². The highest BCUT2D eigenvalue weighted by atomic mass is 32.2. The first-order valence-corrected chi connectivity index (χ1v) is 8.44. The number of hydrogen-bond acceptors (Lipinski definition) is 5. The monoisotopic (exact) mass is 352 g/mol. The van der Waals surface area contributed by atoms with Crippen molar-refractivity contribution >= 4 is 35.1 Å². The van der Waals surface area contributed by atoms with E-state index in [2.05, 4.69) is 27.1 Å². The van der Waals surface area contributed by atoms with E-state index < -0.39 is 0 Å². The van der Waals surface area contributed by atoms with E-state index in [4.69, 9.17) is 18.0 Å². The summed E-state index contributed by atoms with van der Waals surface area (Å²) in [5, 5.41) is 5.85. The van der Waals surface area contributed by atoms with Crippen LogP contribution in [0.2, 0.25) is 0 Å². The molecule has 0 bridgehead atoms. The minimum absolute atomic E-state index is 0.274. The first kappa shape index (κ1) is 17.4. The summed E-state index contributed by atoms with van der Waals surface area (Å²) in [5.74, 6) is 0.565. The third kappa shape index (κ3) is 4.73. The SMILES string of the molecule is C=C(CSC1=C(N)CCN(C(=S)n2ccnc2)C1)NC(=O)NC. The van der Waals surface area contributed by atoms with E-state index >= 15 is 0 Å². The molecule has 1 aliphatic rings. The number of carbonyl (C=O) groups is 1. The maximum Gasteiger partial charge on any atom is 0.318 e. The highest BCUT2D eigenvalue weighted by Gasteiger charge is 2.20. The zero-order chi connectivity index (χ0) is 16.8. The van der Waals surface area contributed by atoms with Crippen LogP contribution in [0.1, 0.15) is 6.42 Å². The van der Waals surface area contributed by atoms with E-state index in [1.807, 2.05) is 10.8 Å². The van der Waals surface area contributed by atoms with E-state index in [1.54, 1.807) is 31.3 Å². The van der Waals surface area contributed by atoms with Crippen molar-refractivity contribution in [3.63, 3.8) is 0 Å². The Balaban J connectivity index is 1.92. The number of amides is 2. The first-order valence-electron chi connectivity index (χ1n) is 7.05. The van der Waals surface area contributed by atoms with E-state index in [9.17, 15) is 4.79 Å². The lowest BCUT2D eigenvalue weighted by Gasteiger charge is -2.31. The molecule has 0 spiro atoms. The van der Waals surface area contributed by atoms with Crippen LogP contribution in [0.4, 0.5) is 4.79 Å². The van der Waals surface area contributed by atoms with Crippen molar-refractivity contribution in [3.05, 3.63) is 41.6 Å². The van der Waals surface area contributed by atoms with Gasteiger partial charge in [-0.3, -0.25) is 4.57 Å². The van der Waals surface area contributed by atoms with Crippen LogP contribution in [0, 0.1) is 0 Å². The minimum Gasteiger partial charge on any atom is -0.401 e. The lowest BCUT2D eigenvalue weighted by atomic mass is 10.2. The zero-order valence-corrected chi connectivity index (χ0v) is 14.5. The first-order chi connectivity index (χ1) is 11.0. The smallest absolute Gasteiger partial charge is 0.318 e. The number of rotatable bonds is 4. The van der Waals surface area contributed by atoms with Gasteiger partial charge in [-0.1, -0.05) is 6.58 Å². The fourth-order valence-electron chi connectivity index (χ4n) is 2.02. The van der Waals surface area contributed by atoms with Gasteiger partial charge in [0.15, 0.2) is 5.11 Å². The summed E-state index contributed by atoms with van der Waals surface area (Å²) < 4.78 is 1.81. The number of aromatic nitrogens is 2. The van der Waals surface area contributed by atoms with Crippen molar-refractivity contribution in [2.24, 2.45) is 5.73 Å². The van der Waals surface area contributed by atoms with E-state index in [1.165, 1.54) is 0 Å². The quantitative estimate of drug-likeness (QED) is 0.703. The molecule has 124 valence electrons. The normalized spacial score (nSPS) is 14.6. The molecule has 7 nitrogen and oxygen atoms in total. The molecular formula is C14H20N6OS2. The van der Waals surface area contributed by atoms with Gasteiger partial charge in [0.2, 0.25) is 0 Å². The molecule has 1 aliphatic heterocycles. The number of nitrogens with two attached hydrogens (primary N) is 1. The van der Waals surface area contributed by atoms with Gasteiger partial charge in [-0.15, -0.1) is 11.8 Å². The third-order valence-electron chi connectivity index (χ3n) is 3.28. The molecule has 4 N–H and O–H groups in total. The number of thiocarbonyl (C=S) groups is 1. The third-order valence-corrected chi connectivity index (χ3v) is 4.98. The molecule has 23 heavy (non-hydrogen) atoms. The van der Waals surface area contributed by atoms with Crippen LogP contribution in [0.25, 0.3) is 0 Å². The predicted octanol–water partition coefficient (Wildman–Crippen LogP) is 1.07. The topological polar surface area (TPSA) is 88.2 Å². The number of thioether (sulfide) groups is 1. The maximum atomic E-state index is 11.2. The zero-order valence-electron chi connectivity index (χ0n) is 12.9. The molecule has 2 heterocycles. The van der Waals surface area contributed by atoms with Gasteiger partial charge >= 0.3 is 6.03 Å². The highest BCUT2D eigenvalue weighted by Crippen LogP contribution is 2.26. The second-order valence-corrected chi connectivity index (χ2v) is 6.40. The van der Waals surface area contributed by atoms with E-state index in [0.717, 1.165) is 23.6 Å². The molecule has 2 amide bonds. The van der Waals surface area contributed by atoms with Crippen LogP contribution in [0.15, 0.2) is 41.6 Å². The predicted molar refractivity (Wildman–Crippen MR) is 96.8 cm³/mol. The largest absolute Gasteiger partial charge is 0.401 e. The summed E-state index contributed by atoms with van der Waals surface area (Å²) >= 11 is 7.06. The number of nitrogens with one attached hydrogen (secondary N) is 2. The van der Waals surface area contributed by atoms with Crippen molar-refractivity contribution in [1.29, 1.82) is 0 Å². The highest BCUT2D eigenvalue weighted by molar-refractivity contribution is 8.03. The van der Waals surface area contributed by atoms with Gasteiger partial charge in [-0.2, -0.15) is 0 Å². The fraction of sp³-hybridized carbons (Fsp3) is 0.357. The van der Waals surface area contributed by atoms with Gasteiger partial charge in [-0.25, -0.2) is 9.78 Å². The lowest BCUT2D eigenvalue weighted by Crippen LogP contribution is -2.40. The number of imidazole rings is 1. The van der Waals surface area contributed by atoms with Gasteiger partial charge in [0.25, 0.3) is 0 Å². The Morgan fingerprint density at radius 3 is 3.04 bits per heavy atom. The molecule has 0 unspecified atom stereocenters. The van der Waals surface area contributed by atoms with Crippen molar-refractivity contribution in [2.75, 3.05) is 25.9 Å². The van der Waals surface area contributed by atoms with Crippen LogP contribution in [-0.4, -0.2) is 51.5 Å². The summed E-state index contributed by atoms with van der Waals surface area (Å²) in [4.78, 5) is 18.4. The molecule has 0 aromatic carbocycles. The second-order valence-electron chi connectivity index (χ2n) is 4.97. The average Bonchev–Trinajstić information content (AvgIpc) is 3.07. The summed E-state index contributed by atoms with van der Waals surface area (Å²) in [7, 11) is 1.56. The Labute approximate surface area is 145 Å². The van der Waals surface area contributed by atoms with Crippen LogP contribution >= 0.6 is 24.0 Å². The summed E-state index contributed by atoms with van der Waals surface area (Å²) in [5.41, 5.74) is 7.61. The standard InChI is InChI=1S/C14H20N6OS2/c1-10(18-13(21)16-2)8-23-12-7-19(5-3-11(12)15)14(22)20-6-4-17-9-20/h4,6,9H,1,3,5,7-8,15H2,2H3,(H2,16,18,21). The number of nitrogens with zero attached hydrogens (tertiary/aromatic N) is 3. The van der Waals surface area contributed by atoms with Gasteiger partial charge in [0, 0.05) is 54.5 Å². The Morgan fingerprint density at radius 1 is 1.61 bits per heavy atom. The molecule has 9 heteroatoms. The summed E-state index contributed by atoms with van der Waals surface area (Å²) in [6, 6.07) is -0.274. The molecule has 1 aromatic rings. The fourth-order valence-corrected chi connectivity index (χ4v) is 3.24. The number of hydrogen-bond donors (Lipinski definition) is 3. The molecule has 0 fully saturated rings. The minimum atomic E-state index is -0.274. The van der Waals surface area contributed by atoms with E-state index in [-0.39, 0.29) is 6.03 Å². The summed E-state index contributed by atoms with van der Waals surface area (Å²) in [6.07, 6.45) is 5.97. The Kier molecular flexibility index (Phi) is 6.05. The molecular weight excluding hydrogens is 332 g/mol.